The van der Waals surface area contributed by atoms with Gasteiger partial charge in [-0.05, 0) is 38.1 Å². The Kier molecular flexibility index (Phi) is 4.64. The zero-order valence-corrected chi connectivity index (χ0v) is 13.2. The SMILES string of the molecule is CCNCc1cccc(S(=O)(=O)Nc2c(C)n[nH]c2C)c1. The van der Waals surface area contributed by atoms with Crippen molar-refractivity contribution in [2.24, 2.45) is 0 Å². The molecule has 1 aromatic carbocycles. The number of hydrogen-bond donors (Lipinski definition) is 3. The molecule has 7 heteroatoms. The molecule has 2 rings (SSSR count). The first kappa shape index (κ1) is 15.5. The molecule has 0 aliphatic heterocycles. The number of aryl methyl sites for hydroxylation is 2. The van der Waals surface area contributed by atoms with Crippen molar-refractivity contribution in [3.05, 3.63) is 41.2 Å². The Labute approximate surface area is 125 Å². The molecule has 0 spiro atoms. The normalized spacial score (nSPS) is 11.6. The van der Waals surface area contributed by atoms with Gasteiger partial charge in [-0.1, -0.05) is 19.1 Å². The minimum atomic E-state index is -3.61. The number of aromatic nitrogens is 2. The van der Waals surface area contributed by atoms with Crippen molar-refractivity contribution in [2.45, 2.75) is 32.2 Å². The summed E-state index contributed by atoms with van der Waals surface area (Å²) in [6.07, 6.45) is 0. The molecule has 0 bridgehead atoms. The van der Waals surface area contributed by atoms with Crippen LogP contribution in [0.3, 0.4) is 0 Å². The Morgan fingerprint density at radius 3 is 2.67 bits per heavy atom. The van der Waals surface area contributed by atoms with Gasteiger partial charge in [0.05, 0.1) is 22.0 Å². The van der Waals surface area contributed by atoms with Gasteiger partial charge in [0.15, 0.2) is 0 Å². The number of hydrogen-bond acceptors (Lipinski definition) is 4. The molecule has 0 atom stereocenters. The summed E-state index contributed by atoms with van der Waals surface area (Å²) < 4.78 is 27.5. The van der Waals surface area contributed by atoms with Crippen molar-refractivity contribution in [2.75, 3.05) is 11.3 Å². The summed E-state index contributed by atoms with van der Waals surface area (Å²) in [5, 5.41) is 9.93. The van der Waals surface area contributed by atoms with Crippen LogP contribution in [0.25, 0.3) is 0 Å². The molecule has 0 fully saturated rings. The van der Waals surface area contributed by atoms with Crippen LogP contribution in [-0.4, -0.2) is 25.2 Å². The lowest BCUT2D eigenvalue weighted by molar-refractivity contribution is 0.601. The maximum Gasteiger partial charge on any atom is 0.262 e. The van der Waals surface area contributed by atoms with Gasteiger partial charge >= 0.3 is 0 Å². The van der Waals surface area contributed by atoms with Gasteiger partial charge in [0.1, 0.15) is 0 Å². The van der Waals surface area contributed by atoms with Crippen LogP contribution in [0, 0.1) is 13.8 Å². The Morgan fingerprint density at radius 1 is 1.29 bits per heavy atom. The molecule has 21 heavy (non-hydrogen) atoms. The van der Waals surface area contributed by atoms with Crippen LogP contribution in [0.5, 0.6) is 0 Å². The van der Waals surface area contributed by atoms with Crippen LogP contribution in [0.2, 0.25) is 0 Å². The number of rotatable bonds is 6. The number of aromatic amines is 1. The van der Waals surface area contributed by atoms with E-state index >= 15 is 0 Å². The molecular formula is C14H20N4O2S. The molecule has 1 heterocycles. The van der Waals surface area contributed by atoms with Crippen molar-refractivity contribution in [3.8, 4) is 0 Å². The summed E-state index contributed by atoms with van der Waals surface area (Å²) in [6, 6.07) is 6.91. The van der Waals surface area contributed by atoms with E-state index in [2.05, 4.69) is 20.2 Å². The summed E-state index contributed by atoms with van der Waals surface area (Å²) in [4.78, 5) is 0.248. The molecule has 0 unspecified atom stereocenters. The zero-order chi connectivity index (χ0) is 15.5. The molecule has 6 nitrogen and oxygen atoms in total. The lowest BCUT2D eigenvalue weighted by Crippen LogP contribution is -2.15. The van der Waals surface area contributed by atoms with Gasteiger partial charge in [-0.2, -0.15) is 5.10 Å². The first-order chi connectivity index (χ1) is 9.94. The van der Waals surface area contributed by atoms with Crippen LogP contribution in [0.1, 0.15) is 23.9 Å². The molecule has 114 valence electrons. The van der Waals surface area contributed by atoms with E-state index in [0.29, 0.717) is 23.6 Å². The second-order valence-electron chi connectivity index (χ2n) is 4.84. The van der Waals surface area contributed by atoms with E-state index in [1.54, 1.807) is 32.0 Å². The van der Waals surface area contributed by atoms with Crippen molar-refractivity contribution >= 4 is 15.7 Å². The Morgan fingerprint density at radius 2 is 2.05 bits per heavy atom. The largest absolute Gasteiger partial charge is 0.313 e. The van der Waals surface area contributed by atoms with Gasteiger partial charge in [0, 0.05) is 6.54 Å². The van der Waals surface area contributed by atoms with Crippen LogP contribution in [0.15, 0.2) is 29.2 Å². The molecule has 0 amide bonds. The molecule has 1 aromatic heterocycles. The average Bonchev–Trinajstić information content (AvgIpc) is 2.77. The van der Waals surface area contributed by atoms with Gasteiger partial charge in [-0.25, -0.2) is 8.42 Å². The summed E-state index contributed by atoms with van der Waals surface area (Å²) in [7, 11) is -3.61. The van der Waals surface area contributed by atoms with Crippen LogP contribution >= 0.6 is 0 Å². The molecule has 0 aliphatic rings. The fraction of sp³-hybridized carbons (Fsp3) is 0.357. The minimum absolute atomic E-state index is 0.248. The standard InChI is InChI=1S/C14H20N4O2S/c1-4-15-9-12-6-5-7-13(8-12)21(19,20)18-14-10(2)16-17-11(14)3/h5-8,15,18H,4,9H2,1-3H3,(H,16,17). The Balaban J connectivity index is 2.27. The van der Waals surface area contributed by atoms with E-state index in [0.717, 1.165) is 12.1 Å². The highest BCUT2D eigenvalue weighted by Crippen LogP contribution is 2.21. The monoisotopic (exact) mass is 308 g/mol. The molecule has 3 N–H and O–H groups in total. The first-order valence-corrected chi connectivity index (χ1v) is 8.26. The quantitative estimate of drug-likeness (QED) is 0.761. The lowest BCUT2D eigenvalue weighted by Gasteiger charge is -2.10. The van der Waals surface area contributed by atoms with E-state index in [1.807, 2.05) is 13.0 Å². The van der Waals surface area contributed by atoms with Crippen molar-refractivity contribution < 1.29 is 8.42 Å². The highest BCUT2D eigenvalue weighted by Gasteiger charge is 2.18. The van der Waals surface area contributed by atoms with Gasteiger partial charge in [0.2, 0.25) is 0 Å². The Bertz CT molecular complexity index is 703. The van der Waals surface area contributed by atoms with Crippen LogP contribution in [0.4, 0.5) is 5.69 Å². The third kappa shape index (κ3) is 3.62. The zero-order valence-electron chi connectivity index (χ0n) is 12.4. The molecule has 0 saturated carbocycles. The predicted octanol–water partition coefficient (Wildman–Crippen LogP) is 1.94. The van der Waals surface area contributed by atoms with Crippen molar-refractivity contribution in [1.82, 2.24) is 15.5 Å². The van der Waals surface area contributed by atoms with Crippen LogP contribution in [-0.2, 0) is 16.6 Å². The lowest BCUT2D eigenvalue weighted by atomic mass is 10.2. The van der Waals surface area contributed by atoms with Crippen molar-refractivity contribution in [1.29, 1.82) is 0 Å². The second-order valence-corrected chi connectivity index (χ2v) is 6.52. The van der Waals surface area contributed by atoms with E-state index in [9.17, 15) is 8.42 Å². The number of nitrogens with zero attached hydrogens (tertiary/aromatic N) is 1. The number of nitrogens with one attached hydrogen (secondary N) is 3. The molecule has 0 radical (unpaired) electrons. The van der Waals surface area contributed by atoms with Gasteiger partial charge in [-0.15, -0.1) is 0 Å². The number of H-pyrrole nitrogens is 1. The summed E-state index contributed by atoms with van der Waals surface area (Å²) in [6.45, 7) is 7.02. The van der Waals surface area contributed by atoms with E-state index in [4.69, 9.17) is 0 Å². The van der Waals surface area contributed by atoms with Gasteiger partial charge < -0.3 is 5.32 Å². The smallest absolute Gasteiger partial charge is 0.262 e. The van der Waals surface area contributed by atoms with Crippen LogP contribution < -0.4 is 10.0 Å². The number of benzene rings is 1. The van der Waals surface area contributed by atoms with Gasteiger partial charge in [0.25, 0.3) is 10.0 Å². The third-order valence-corrected chi connectivity index (χ3v) is 4.50. The number of anilines is 1. The summed E-state index contributed by atoms with van der Waals surface area (Å²) in [5.41, 5.74) is 2.76. The highest BCUT2D eigenvalue weighted by molar-refractivity contribution is 7.92. The molecule has 0 aliphatic carbocycles. The van der Waals surface area contributed by atoms with Gasteiger partial charge in [-0.3, -0.25) is 9.82 Å². The fourth-order valence-electron chi connectivity index (χ4n) is 1.99. The average molecular weight is 308 g/mol. The van der Waals surface area contributed by atoms with Crippen molar-refractivity contribution in [3.63, 3.8) is 0 Å². The second kappa shape index (κ2) is 6.28. The Hall–Kier alpha value is -1.86. The number of sulfonamides is 1. The summed E-state index contributed by atoms with van der Waals surface area (Å²) >= 11 is 0. The predicted molar refractivity (Wildman–Crippen MR) is 82.7 cm³/mol. The van der Waals surface area contributed by atoms with E-state index < -0.39 is 10.0 Å². The fourth-order valence-corrected chi connectivity index (χ4v) is 3.24. The third-order valence-electron chi connectivity index (χ3n) is 3.15. The topological polar surface area (TPSA) is 86.9 Å². The molecular weight excluding hydrogens is 288 g/mol. The summed E-state index contributed by atoms with van der Waals surface area (Å²) in [5.74, 6) is 0. The van der Waals surface area contributed by atoms with E-state index in [1.165, 1.54) is 0 Å². The maximum atomic E-state index is 12.5. The molecule has 0 saturated heterocycles. The van der Waals surface area contributed by atoms with E-state index in [-0.39, 0.29) is 4.90 Å². The first-order valence-electron chi connectivity index (χ1n) is 6.78. The highest BCUT2D eigenvalue weighted by atomic mass is 32.2. The minimum Gasteiger partial charge on any atom is -0.313 e. The molecule has 2 aromatic rings. The maximum absolute atomic E-state index is 12.5.